The Morgan fingerprint density at radius 2 is 1.89 bits per heavy atom. The summed E-state index contributed by atoms with van der Waals surface area (Å²) in [6, 6.07) is 16.7. The normalized spacial score (nSPS) is 10.7. The van der Waals surface area contributed by atoms with Crippen molar-refractivity contribution >= 4 is 11.6 Å². The third kappa shape index (κ3) is 3.45. The molecule has 0 aliphatic rings. The van der Waals surface area contributed by atoms with Gasteiger partial charge in [0.2, 0.25) is 5.76 Å². The van der Waals surface area contributed by atoms with Crippen LogP contribution in [0.25, 0.3) is 22.6 Å². The first kappa shape index (κ1) is 16.6. The van der Waals surface area contributed by atoms with Gasteiger partial charge in [-0.2, -0.15) is 0 Å². The van der Waals surface area contributed by atoms with E-state index in [1.807, 2.05) is 43.3 Å². The summed E-state index contributed by atoms with van der Waals surface area (Å²) in [5.41, 5.74) is 4.05. The lowest BCUT2D eigenvalue weighted by Gasteiger charge is -2.05. The molecule has 0 aliphatic heterocycles. The maximum Gasteiger partial charge on any atom is 0.294 e. The lowest BCUT2D eigenvalue weighted by Crippen LogP contribution is -2.11. The summed E-state index contributed by atoms with van der Waals surface area (Å²) in [6.07, 6.45) is 0. The smallest absolute Gasteiger partial charge is 0.294 e. The quantitative estimate of drug-likeness (QED) is 0.600. The monoisotopic (exact) mass is 360 g/mol. The second-order valence-corrected chi connectivity index (χ2v) is 6.10. The van der Waals surface area contributed by atoms with E-state index in [9.17, 15) is 4.79 Å². The highest BCUT2D eigenvalue weighted by atomic mass is 16.5. The van der Waals surface area contributed by atoms with Crippen LogP contribution in [-0.4, -0.2) is 31.3 Å². The number of benzene rings is 2. The van der Waals surface area contributed by atoms with E-state index in [-0.39, 0.29) is 11.7 Å². The predicted octanol–water partition coefficient (Wildman–Crippen LogP) is 3.09. The molecule has 2 aromatic heterocycles. The van der Waals surface area contributed by atoms with Crippen LogP contribution in [0.15, 0.2) is 59.1 Å². The number of anilines is 1. The predicted molar refractivity (Wildman–Crippen MR) is 98.9 cm³/mol. The fraction of sp³-hybridized carbons (Fsp3) is 0.105. The maximum absolute atomic E-state index is 12.5. The number of rotatable bonds is 4. The molecular formula is C19H16N6O2. The van der Waals surface area contributed by atoms with E-state index in [0.717, 1.165) is 16.7 Å². The summed E-state index contributed by atoms with van der Waals surface area (Å²) in [7, 11) is 1.75. The zero-order valence-electron chi connectivity index (χ0n) is 14.7. The third-order valence-electron chi connectivity index (χ3n) is 4.08. The van der Waals surface area contributed by atoms with Crippen molar-refractivity contribution in [2.75, 3.05) is 5.32 Å². The van der Waals surface area contributed by atoms with Gasteiger partial charge in [-0.15, -0.1) is 5.10 Å². The van der Waals surface area contributed by atoms with E-state index in [1.54, 1.807) is 29.9 Å². The van der Waals surface area contributed by atoms with Crippen LogP contribution in [0.1, 0.15) is 16.1 Å². The molecule has 8 heteroatoms. The Bertz CT molecular complexity index is 1100. The van der Waals surface area contributed by atoms with Gasteiger partial charge in [-0.05, 0) is 29.5 Å². The van der Waals surface area contributed by atoms with Crippen molar-refractivity contribution in [1.82, 2.24) is 25.4 Å². The van der Waals surface area contributed by atoms with Crippen molar-refractivity contribution in [2.24, 2.45) is 7.05 Å². The Balaban J connectivity index is 1.53. The van der Waals surface area contributed by atoms with Gasteiger partial charge in [0.15, 0.2) is 5.82 Å². The number of nitrogens with zero attached hydrogens (tertiary/aromatic N) is 5. The first-order chi connectivity index (χ1) is 13.1. The molecule has 4 rings (SSSR count). The molecule has 0 spiro atoms. The van der Waals surface area contributed by atoms with Gasteiger partial charge in [-0.25, -0.2) is 4.68 Å². The van der Waals surface area contributed by atoms with Crippen molar-refractivity contribution in [3.8, 4) is 22.6 Å². The van der Waals surface area contributed by atoms with Crippen molar-refractivity contribution in [2.45, 2.75) is 6.92 Å². The summed E-state index contributed by atoms with van der Waals surface area (Å²) in [5.74, 6) is 0.359. The first-order valence-corrected chi connectivity index (χ1v) is 8.28. The van der Waals surface area contributed by atoms with Crippen molar-refractivity contribution in [1.29, 1.82) is 0 Å². The number of aryl methyl sites for hydroxylation is 2. The SMILES string of the molecule is Cc1ccc(-c2cc(C(=O)Nc3cccc(-c4nnnn4C)c3)on2)cc1. The number of tetrazole rings is 1. The van der Waals surface area contributed by atoms with Gasteiger partial charge in [0, 0.05) is 29.9 Å². The summed E-state index contributed by atoms with van der Waals surface area (Å²) in [4.78, 5) is 12.5. The van der Waals surface area contributed by atoms with E-state index in [2.05, 4.69) is 26.0 Å². The minimum Gasteiger partial charge on any atom is -0.350 e. The second kappa shape index (κ2) is 6.83. The van der Waals surface area contributed by atoms with E-state index in [1.165, 1.54) is 0 Å². The Morgan fingerprint density at radius 1 is 1.07 bits per heavy atom. The molecule has 8 nitrogen and oxygen atoms in total. The molecule has 0 aliphatic carbocycles. The zero-order valence-corrected chi connectivity index (χ0v) is 14.7. The van der Waals surface area contributed by atoms with E-state index in [0.29, 0.717) is 17.2 Å². The van der Waals surface area contributed by atoms with Crippen LogP contribution in [0, 0.1) is 6.92 Å². The molecule has 0 atom stereocenters. The highest BCUT2D eigenvalue weighted by molar-refractivity contribution is 6.03. The van der Waals surface area contributed by atoms with Crippen LogP contribution in [0.3, 0.4) is 0 Å². The number of carbonyl (C=O) groups is 1. The summed E-state index contributed by atoms with van der Waals surface area (Å²) in [6.45, 7) is 2.01. The van der Waals surface area contributed by atoms with Crippen molar-refractivity contribution in [3.05, 3.63) is 65.9 Å². The molecule has 0 unspecified atom stereocenters. The van der Waals surface area contributed by atoms with Gasteiger partial charge in [-0.1, -0.05) is 47.1 Å². The molecule has 0 fully saturated rings. The Kier molecular flexibility index (Phi) is 4.21. The van der Waals surface area contributed by atoms with Gasteiger partial charge >= 0.3 is 0 Å². The van der Waals surface area contributed by atoms with Crippen LogP contribution in [0.2, 0.25) is 0 Å². The largest absolute Gasteiger partial charge is 0.350 e. The van der Waals surface area contributed by atoms with Gasteiger partial charge in [0.1, 0.15) is 5.69 Å². The minimum absolute atomic E-state index is 0.135. The number of hydrogen-bond acceptors (Lipinski definition) is 6. The van der Waals surface area contributed by atoms with Crippen molar-refractivity contribution in [3.63, 3.8) is 0 Å². The number of carbonyl (C=O) groups excluding carboxylic acids is 1. The first-order valence-electron chi connectivity index (χ1n) is 8.28. The van der Waals surface area contributed by atoms with Gasteiger partial charge in [0.25, 0.3) is 5.91 Å². The highest BCUT2D eigenvalue weighted by Gasteiger charge is 2.15. The highest BCUT2D eigenvalue weighted by Crippen LogP contribution is 2.22. The number of aromatic nitrogens is 5. The molecule has 134 valence electrons. The molecule has 27 heavy (non-hydrogen) atoms. The summed E-state index contributed by atoms with van der Waals surface area (Å²) < 4.78 is 6.77. The summed E-state index contributed by atoms with van der Waals surface area (Å²) in [5, 5.41) is 18.2. The van der Waals surface area contributed by atoms with Crippen LogP contribution >= 0.6 is 0 Å². The van der Waals surface area contributed by atoms with Crippen LogP contribution in [0.5, 0.6) is 0 Å². The molecule has 0 saturated heterocycles. The lowest BCUT2D eigenvalue weighted by molar-refractivity contribution is 0.0988. The number of amides is 1. The zero-order chi connectivity index (χ0) is 18.8. The molecule has 0 bridgehead atoms. The standard InChI is InChI=1S/C19H16N6O2/c1-12-6-8-13(9-7-12)16-11-17(27-22-16)19(26)20-15-5-3-4-14(10-15)18-21-23-24-25(18)2/h3-11H,1-2H3,(H,20,26). The Labute approximate surface area is 154 Å². The van der Waals surface area contributed by atoms with Crippen LogP contribution in [-0.2, 0) is 7.05 Å². The Hall–Kier alpha value is -3.81. The van der Waals surface area contributed by atoms with Crippen molar-refractivity contribution < 1.29 is 9.32 Å². The van der Waals surface area contributed by atoms with Crippen LogP contribution in [0.4, 0.5) is 5.69 Å². The molecule has 1 amide bonds. The topological polar surface area (TPSA) is 98.7 Å². The molecular weight excluding hydrogens is 344 g/mol. The van der Waals surface area contributed by atoms with Crippen LogP contribution < -0.4 is 5.32 Å². The average molecular weight is 360 g/mol. The van der Waals surface area contributed by atoms with E-state index in [4.69, 9.17) is 4.52 Å². The number of nitrogens with one attached hydrogen (secondary N) is 1. The molecule has 4 aromatic rings. The number of hydrogen-bond donors (Lipinski definition) is 1. The van der Waals surface area contributed by atoms with Gasteiger partial charge < -0.3 is 9.84 Å². The van der Waals surface area contributed by atoms with E-state index >= 15 is 0 Å². The maximum atomic E-state index is 12.5. The minimum atomic E-state index is -0.380. The molecule has 2 heterocycles. The molecule has 1 N–H and O–H groups in total. The van der Waals surface area contributed by atoms with Gasteiger partial charge in [0.05, 0.1) is 0 Å². The second-order valence-electron chi connectivity index (χ2n) is 6.10. The average Bonchev–Trinajstić information content (AvgIpc) is 3.32. The fourth-order valence-corrected chi connectivity index (χ4v) is 2.65. The third-order valence-corrected chi connectivity index (χ3v) is 4.08. The molecule has 2 aromatic carbocycles. The van der Waals surface area contributed by atoms with E-state index < -0.39 is 0 Å². The fourth-order valence-electron chi connectivity index (χ4n) is 2.65. The molecule has 0 saturated carbocycles. The molecule has 0 radical (unpaired) electrons. The van der Waals surface area contributed by atoms with Gasteiger partial charge in [-0.3, -0.25) is 4.79 Å². The lowest BCUT2D eigenvalue weighted by atomic mass is 10.1. The Morgan fingerprint density at radius 3 is 2.63 bits per heavy atom. The summed E-state index contributed by atoms with van der Waals surface area (Å²) >= 11 is 0.